The molecule has 3 amide bonds. The van der Waals surface area contributed by atoms with Gasteiger partial charge in [-0.05, 0) is 36.1 Å². The van der Waals surface area contributed by atoms with E-state index < -0.39 is 23.3 Å². The SMILES string of the molecule is O=C(NCc1ccccc1)NC1(C(=O)NCc2ccc(C(F)(F)F)cc2)CCCC1. The zero-order chi connectivity index (χ0) is 21.6. The van der Waals surface area contributed by atoms with E-state index in [1.807, 2.05) is 30.3 Å². The summed E-state index contributed by atoms with van der Waals surface area (Å²) in [5, 5.41) is 8.34. The Morgan fingerprint density at radius 2 is 1.40 bits per heavy atom. The number of hydrogen-bond donors (Lipinski definition) is 3. The number of amides is 3. The molecule has 0 unspecified atom stereocenters. The van der Waals surface area contributed by atoms with Crippen LogP contribution in [0.25, 0.3) is 0 Å². The maximum atomic E-state index is 12.8. The topological polar surface area (TPSA) is 70.2 Å². The van der Waals surface area contributed by atoms with E-state index in [2.05, 4.69) is 16.0 Å². The molecule has 0 atom stereocenters. The summed E-state index contributed by atoms with van der Waals surface area (Å²) in [5.41, 5.74) is -0.244. The summed E-state index contributed by atoms with van der Waals surface area (Å²) in [7, 11) is 0. The van der Waals surface area contributed by atoms with E-state index in [9.17, 15) is 22.8 Å². The molecule has 0 heterocycles. The molecule has 160 valence electrons. The second-order valence-corrected chi connectivity index (χ2v) is 7.46. The molecule has 5 nitrogen and oxygen atoms in total. The van der Waals surface area contributed by atoms with E-state index in [4.69, 9.17) is 0 Å². The van der Waals surface area contributed by atoms with Crippen LogP contribution in [0, 0.1) is 0 Å². The van der Waals surface area contributed by atoms with Crippen LogP contribution < -0.4 is 16.0 Å². The monoisotopic (exact) mass is 419 g/mol. The van der Waals surface area contributed by atoms with E-state index in [1.165, 1.54) is 12.1 Å². The Morgan fingerprint density at radius 1 is 0.833 bits per heavy atom. The van der Waals surface area contributed by atoms with E-state index in [0.717, 1.165) is 30.5 Å². The van der Waals surface area contributed by atoms with Crippen LogP contribution in [0.2, 0.25) is 0 Å². The molecule has 1 aliphatic rings. The summed E-state index contributed by atoms with van der Waals surface area (Å²) in [4.78, 5) is 25.2. The maximum Gasteiger partial charge on any atom is 0.416 e. The van der Waals surface area contributed by atoms with Crippen LogP contribution in [0.3, 0.4) is 0 Å². The number of alkyl halides is 3. The smallest absolute Gasteiger partial charge is 0.350 e. The fourth-order valence-electron chi connectivity index (χ4n) is 3.59. The first-order valence-electron chi connectivity index (χ1n) is 9.83. The average molecular weight is 419 g/mol. The second kappa shape index (κ2) is 9.19. The van der Waals surface area contributed by atoms with Crippen molar-refractivity contribution in [1.82, 2.24) is 16.0 Å². The van der Waals surface area contributed by atoms with Crippen molar-refractivity contribution in [3.63, 3.8) is 0 Å². The summed E-state index contributed by atoms with van der Waals surface area (Å²) in [6, 6.07) is 13.6. The van der Waals surface area contributed by atoms with Gasteiger partial charge in [0.15, 0.2) is 0 Å². The zero-order valence-electron chi connectivity index (χ0n) is 16.4. The molecule has 2 aromatic rings. The maximum absolute atomic E-state index is 12.8. The summed E-state index contributed by atoms with van der Waals surface area (Å²) < 4.78 is 38.0. The summed E-state index contributed by atoms with van der Waals surface area (Å²) in [5.74, 6) is -0.324. The van der Waals surface area contributed by atoms with Gasteiger partial charge < -0.3 is 16.0 Å². The van der Waals surface area contributed by atoms with Crippen molar-refractivity contribution in [1.29, 1.82) is 0 Å². The fourth-order valence-corrected chi connectivity index (χ4v) is 3.59. The molecule has 3 rings (SSSR count). The normalized spacial score (nSPS) is 15.4. The molecule has 0 aliphatic heterocycles. The van der Waals surface area contributed by atoms with E-state index in [1.54, 1.807) is 0 Å². The predicted octanol–water partition coefficient (Wildman–Crippen LogP) is 4.13. The molecule has 1 saturated carbocycles. The molecular weight excluding hydrogens is 395 g/mol. The Kier molecular flexibility index (Phi) is 6.64. The van der Waals surface area contributed by atoms with Gasteiger partial charge in [0.2, 0.25) is 5.91 Å². The van der Waals surface area contributed by atoms with Gasteiger partial charge in [0.1, 0.15) is 5.54 Å². The predicted molar refractivity (Wildman–Crippen MR) is 106 cm³/mol. The van der Waals surface area contributed by atoms with Gasteiger partial charge in [0.25, 0.3) is 0 Å². The molecule has 0 radical (unpaired) electrons. The Labute approximate surface area is 173 Å². The van der Waals surface area contributed by atoms with Gasteiger partial charge in [-0.15, -0.1) is 0 Å². The highest BCUT2D eigenvalue weighted by atomic mass is 19.4. The first-order valence-corrected chi connectivity index (χ1v) is 9.83. The van der Waals surface area contributed by atoms with Crippen molar-refractivity contribution in [2.45, 2.75) is 50.5 Å². The lowest BCUT2D eigenvalue weighted by Gasteiger charge is -2.29. The van der Waals surface area contributed by atoms with Crippen LogP contribution in [-0.4, -0.2) is 17.5 Å². The lowest BCUT2D eigenvalue weighted by Crippen LogP contribution is -2.59. The van der Waals surface area contributed by atoms with E-state index in [-0.39, 0.29) is 12.5 Å². The summed E-state index contributed by atoms with van der Waals surface area (Å²) in [6.45, 7) is 0.433. The van der Waals surface area contributed by atoms with Crippen LogP contribution in [0.4, 0.5) is 18.0 Å². The molecule has 8 heteroatoms. The molecule has 30 heavy (non-hydrogen) atoms. The van der Waals surface area contributed by atoms with Crippen LogP contribution >= 0.6 is 0 Å². The van der Waals surface area contributed by atoms with Crippen molar-refractivity contribution in [2.75, 3.05) is 0 Å². The lowest BCUT2D eigenvalue weighted by molar-refractivity contribution is -0.137. The third-order valence-corrected chi connectivity index (χ3v) is 5.27. The first-order chi connectivity index (χ1) is 14.3. The van der Waals surface area contributed by atoms with Crippen molar-refractivity contribution in [3.8, 4) is 0 Å². The number of carbonyl (C=O) groups is 2. The third kappa shape index (κ3) is 5.52. The average Bonchev–Trinajstić information content (AvgIpc) is 3.20. The number of halogens is 3. The zero-order valence-corrected chi connectivity index (χ0v) is 16.4. The molecule has 2 aromatic carbocycles. The van der Waals surface area contributed by atoms with E-state index >= 15 is 0 Å². The molecule has 0 spiro atoms. The Bertz CT molecular complexity index is 861. The summed E-state index contributed by atoms with van der Waals surface area (Å²) in [6.07, 6.45) is -1.73. The van der Waals surface area contributed by atoms with Gasteiger partial charge in [-0.25, -0.2) is 4.79 Å². The van der Waals surface area contributed by atoms with Crippen molar-refractivity contribution in [3.05, 3.63) is 71.3 Å². The first kappa shape index (κ1) is 21.7. The molecule has 1 aliphatic carbocycles. The quantitative estimate of drug-likeness (QED) is 0.659. The van der Waals surface area contributed by atoms with Gasteiger partial charge in [0.05, 0.1) is 5.56 Å². The number of nitrogens with one attached hydrogen (secondary N) is 3. The highest BCUT2D eigenvalue weighted by Gasteiger charge is 2.42. The molecule has 0 saturated heterocycles. The second-order valence-electron chi connectivity index (χ2n) is 7.46. The Hall–Kier alpha value is -3.03. The van der Waals surface area contributed by atoms with Crippen LogP contribution in [0.15, 0.2) is 54.6 Å². The molecule has 0 bridgehead atoms. The minimum Gasteiger partial charge on any atom is -0.350 e. The Morgan fingerprint density at radius 3 is 2.00 bits per heavy atom. The van der Waals surface area contributed by atoms with Crippen molar-refractivity contribution < 1.29 is 22.8 Å². The summed E-state index contributed by atoms with van der Waals surface area (Å²) >= 11 is 0. The molecular formula is C22H24F3N3O2. The van der Waals surface area contributed by atoms with Gasteiger partial charge in [-0.3, -0.25) is 4.79 Å². The van der Waals surface area contributed by atoms with E-state index in [0.29, 0.717) is 24.9 Å². The minimum absolute atomic E-state index is 0.0893. The molecule has 3 N–H and O–H groups in total. The Balaban J connectivity index is 1.56. The van der Waals surface area contributed by atoms with Gasteiger partial charge in [-0.2, -0.15) is 13.2 Å². The number of carbonyl (C=O) groups excluding carboxylic acids is 2. The minimum atomic E-state index is -4.40. The van der Waals surface area contributed by atoms with Crippen molar-refractivity contribution in [2.24, 2.45) is 0 Å². The number of rotatable bonds is 6. The van der Waals surface area contributed by atoms with Crippen LogP contribution in [0.5, 0.6) is 0 Å². The largest absolute Gasteiger partial charge is 0.416 e. The van der Waals surface area contributed by atoms with Gasteiger partial charge in [-0.1, -0.05) is 55.3 Å². The lowest BCUT2D eigenvalue weighted by atomic mass is 9.96. The van der Waals surface area contributed by atoms with Crippen LogP contribution in [-0.2, 0) is 24.1 Å². The standard InChI is InChI=1S/C22H24F3N3O2/c23-22(24,25)18-10-8-17(9-11-18)14-26-19(29)21(12-4-5-13-21)28-20(30)27-15-16-6-2-1-3-7-16/h1-3,6-11H,4-5,12-15H2,(H,26,29)(H2,27,28,30). The fraction of sp³-hybridized carbons (Fsp3) is 0.364. The van der Waals surface area contributed by atoms with Gasteiger partial charge in [0, 0.05) is 13.1 Å². The van der Waals surface area contributed by atoms with Gasteiger partial charge >= 0.3 is 12.2 Å². The third-order valence-electron chi connectivity index (χ3n) is 5.27. The number of benzene rings is 2. The number of hydrogen-bond acceptors (Lipinski definition) is 2. The van der Waals surface area contributed by atoms with Crippen molar-refractivity contribution >= 4 is 11.9 Å². The number of urea groups is 1. The molecule has 0 aromatic heterocycles. The highest BCUT2D eigenvalue weighted by Crippen LogP contribution is 2.31. The highest BCUT2D eigenvalue weighted by molar-refractivity contribution is 5.91. The van der Waals surface area contributed by atoms with Crippen LogP contribution in [0.1, 0.15) is 42.4 Å². The molecule has 1 fully saturated rings.